The van der Waals surface area contributed by atoms with E-state index in [0.29, 0.717) is 36.5 Å². The van der Waals surface area contributed by atoms with Gasteiger partial charge < -0.3 is 14.7 Å². The van der Waals surface area contributed by atoms with Crippen LogP contribution in [0.2, 0.25) is 0 Å². The number of thiocarbonyl (C=S) groups is 1. The molecule has 2 aliphatic heterocycles. The van der Waals surface area contributed by atoms with E-state index in [-0.39, 0.29) is 29.4 Å². The smallest absolute Gasteiger partial charge is 0.417 e. The monoisotopic (exact) mass is 519 g/mol. The maximum absolute atomic E-state index is 13.6. The number of halogens is 3. The van der Waals surface area contributed by atoms with Gasteiger partial charge in [-0.15, -0.1) is 11.8 Å². The molecule has 6 nitrogen and oxygen atoms in total. The normalized spacial score (nSPS) is 20.9. The lowest BCUT2D eigenvalue weighted by atomic mass is 9.75. The molecule has 1 aliphatic carbocycles. The highest BCUT2D eigenvalue weighted by atomic mass is 32.2. The first-order valence-electron chi connectivity index (χ1n) is 11.0. The minimum Gasteiger partial charge on any atom is -0.488 e. The number of benzene rings is 2. The number of carbonyl (C=O) groups excluding carboxylic acids is 1. The van der Waals surface area contributed by atoms with E-state index < -0.39 is 22.8 Å². The standard InChI is InChI=1S/C24H20F3N3O3S2/c25-24(26,27)18-10-15(3-2-14(18)12-28)29-21(32)23(7-1-8-23)30(22(29)34)16-4-5-19-20(11-16)35-13-17(33-19)6-9-31/h2-5,10-11,17,31H,1,6-9,13H2/t17-/m1/s1. The fraction of sp³-hybridized carbons (Fsp3) is 0.375. The van der Waals surface area contributed by atoms with Gasteiger partial charge >= 0.3 is 6.18 Å². The van der Waals surface area contributed by atoms with Crippen LogP contribution in [0, 0.1) is 11.3 Å². The quantitative estimate of drug-likeness (QED) is 0.578. The van der Waals surface area contributed by atoms with Crippen LogP contribution in [0.5, 0.6) is 5.75 Å². The molecule has 1 spiro atoms. The molecule has 2 aromatic carbocycles. The second-order valence-corrected chi connectivity index (χ2v) is 10.1. The highest BCUT2D eigenvalue weighted by Crippen LogP contribution is 2.50. The molecule has 0 radical (unpaired) electrons. The van der Waals surface area contributed by atoms with Crippen LogP contribution in [0.3, 0.4) is 0 Å². The Morgan fingerprint density at radius 2 is 1.97 bits per heavy atom. The fourth-order valence-corrected chi connectivity index (χ4v) is 6.27. The predicted molar refractivity (Wildman–Crippen MR) is 129 cm³/mol. The minimum absolute atomic E-state index is 0.0115. The zero-order chi connectivity index (χ0) is 25.0. The van der Waals surface area contributed by atoms with Gasteiger partial charge in [-0.25, -0.2) is 0 Å². The van der Waals surface area contributed by atoms with Crippen molar-refractivity contribution in [1.82, 2.24) is 0 Å². The van der Waals surface area contributed by atoms with Crippen molar-refractivity contribution in [3.63, 3.8) is 0 Å². The van der Waals surface area contributed by atoms with Gasteiger partial charge in [0.05, 0.1) is 27.8 Å². The van der Waals surface area contributed by atoms with E-state index in [2.05, 4.69) is 0 Å². The fourth-order valence-electron chi connectivity index (χ4n) is 4.74. The van der Waals surface area contributed by atoms with Crippen molar-refractivity contribution in [2.45, 2.75) is 48.4 Å². The van der Waals surface area contributed by atoms with Crippen LogP contribution in [-0.4, -0.2) is 40.1 Å². The average Bonchev–Trinajstić information content (AvgIpc) is 3.04. The maximum atomic E-state index is 13.6. The lowest BCUT2D eigenvalue weighted by Gasteiger charge is -2.43. The van der Waals surface area contributed by atoms with Gasteiger partial charge in [0, 0.05) is 24.5 Å². The number of hydrogen-bond acceptors (Lipinski definition) is 6. The Kier molecular flexibility index (Phi) is 5.94. The summed E-state index contributed by atoms with van der Waals surface area (Å²) in [7, 11) is 0. The van der Waals surface area contributed by atoms with E-state index >= 15 is 0 Å². The van der Waals surface area contributed by atoms with Gasteiger partial charge in [-0.05, 0) is 67.9 Å². The second-order valence-electron chi connectivity index (χ2n) is 8.68. The number of carbonyl (C=O) groups is 1. The predicted octanol–water partition coefficient (Wildman–Crippen LogP) is 4.87. The number of nitriles is 1. The zero-order valence-corrected chi connectivity index (χ0v) is 20.0. The third kappa shape index (κ3) is 3.84. The van der Waals surface area contributed by atoms with Gasteiger partial charge in [-0.1, -0.05) is 0 Å². The first kappa shape index (κ1) is 23.9. The number of anilines is 2. The van der Waals surface area contributed by atoms with Gasteiger partial charge in [0.2, 0.25) is 0 Å². The Morgan fingerprint density at radius 3 is 2.60 bits per heavy atom. The molecular weight excluding hydrogens is 499 g/mol. The molecule has 3 aliphatic rings. The van der Waals surface area contributed by atoms with Crippen LogP contribution in [0.4, 0.5) is 24.5 Å². The molecule has 0 aromatic heterocycles. The summed E-state index contributed by atoms with van der Waals surface area (Å²) in [6.07, 6.45) is -2.45. The van der Waals surface area contributed by atoms with E-state index in [1.807, 2.05) is 6.07 Å². The molecule has 0 unspecified atom stereocenters. The minimum atomic E-state index is -4.75. The number of aliphatic hydroxyl groups is 1. The van der Waals surface area contributed by atoms with Crippen LogP contribution in [0.15, 0.2) is 41.3 Å². The number of fused-ring (bicyclic) bond motifs is 1. The Bertz CT molecular complexity index is 1260. The number of alkyl halides is 3. The summed E-state index contributed by atoms with van der Waals surface area (Å²) >= 11 is 7.26. The number of aliphatic hydroxyl groups excluding tert-OH is 1. The average molecular weight is 520 g/mol. The van der Waals surface area contributed by atoms with Gasteiger partial charge in [0.1, 0.15) is 17.4 Å². The first-order chi connectivity index (χ1) is 16.7. The molecule has 0 bridgehead atoms. The molecule has 2 heterocycles. The number of rotatable bonds is 4. The lowest BCUT2D eigenvalue weighted by Crippen LogP contribution is -2.55. The molecular formula is C24H20F3N3O3S2. The van der Waals surface area contributed by atoms with Crippen molar-refractivity contribution in [3.05, 3.63) is 47.5 Å². The summed E-state index contributed by atoms with van der Waals surface area (Å²) < 4.78 is 46.7. The van der Waals surface area contributed by atoms with E-state index in [4.69, 9.17) is 22.2 Å². The third-order valence-corrected chi connectivity index (χ3v) is 8.17. The largest absolute Gasteiger partial charge is 0.488 e. The first-order valence-corrected chi connectivity index (χ1v) is 12.4. The Balaban J connectivity index is 1.53. The summed E-state index contributed by atoms with van der Waals surface area (Å²) in [5.41, 5.74) is -1.90. The zero-order valence-electron chi connectivity index (χ0n) is 18.3. The molecule has 1 atom stereocenters. The number of amides is 1. The van der Waals surface area contributed by atoms with E-state index in [9.17, 15) is 23.1 Å². The highest BCUT2D eigenvalue weighted by molar-refractivity contribution is 7.99. The Hall–Kier alpha value is -2.81. The SMILES string of the molecule is N#Cc1ccc(N2C(=O)C3(CCC3)N(c3ccc4c(c3)SC[C@@H](CCO)O4)C2=S)cc1C(F)(F)F. The molecule has 5 rings (SSSR count). The van der Waals surface area contributed by atoms with Crippen molar-refractivity contribution in [2.24, 2.45) is 0 Å². The molecule has 1 amide bonds. The Labute approximate surface area is 209 Å². The molecule has 11 heteroatoms. The van der Waals surface area contributed by atoms with Gasteiger partial charge in [-0.2, -0.15) is 18.4 Å². The molecule has 182 valence electrons. The summed E-state index contributed by atoms with van der Waals surface area (Å²) in [5, 5.41) is 18.4. The molecule has 2 fully saturated rings. The molecule has 2 aromatic rings. The third-order valence-electron chi connectivity index (χ3n) is 6.63. The molecule has 1 N–H and O–H groups in total. The van der Waals surface area contributed by atoms with E-state index in [0.717, 1.165) is 28.3 Å². The summed E-state index contributed by atoms with van der Waals surface area (Å²) in [6.45, 7) is 0.0343. The van der Waals surface area contributed by atoms with Gasteiger partial charge in [-0.3, -0.25) is 9.69 Å². The van der Waals surface area contributed by atoms with Crippen LogP contribution in [0.25, 0.3) is 0 Å². The maximum Gasteiger partial charge on any atom is 0.417 e. The summed E-state index contributed by atoms with van der Waals surface area (Å²) in [5.74, 6) is 0.987. The lowest BCUT2D eigenvalue weighted by molar-refractivity contribution is -0.137. The van der Waals surface area contributed by atoms with Crippen LogP contribution < -0.4 is 14.5 Å². The van der Waals surface area contributed by atoms with Crippen molar-refractivity contribution < 1.29 is 27.8 Å². The van der Waals surface area contributed by atoms with Crippen molar-refractivity contribution >= 4 is 46.4 Å². The van der Waals surface area contributed by atoms with E-state index in [1.54, 1.807) is 34.9 Å². The molecule has 1 saturated carbocycles. The van der Waals surface area contributed by atoms with Crippen molar-refractivity contribution in [1.29, 1.82) is 5.26 Å². The molecule has 1 saturated heterocycles. The number of ether oxygens (including phenoxy) is 1. The van der Waals surface area contributed by atoms with Crippen molar-refractivity contribution in [3.8, 4) is 11.8 Å². The topological polar surface area (TPSA) is 76.8 Å². The summed E-state index contributed by atoms with van der Waals surface area (Å²) in [6, 6.07) is 10.3. The summed E-state index contributed by atoms with van der Waals surface area (Å²) in [4.78, 5) is 17.4. The van der Waals surface area contributed by atoms with Crippen LogP contribution >= 0.6 is 24.0 Å². The number of thioether (sulfide) groups is 1. The second kappa shape index (κ2) is 8.69. The molecule has 35 heavy (non-hydrogen) atoms. The Morgan fingerprint density at radius 1 is 1.23 bits per heavy atom. The van der Waals surface area contributed by atoms with Gasteiger partial charge in [0.25, 0.3) is 5.91 Å². The number of hydrogen-bond donors (Lipinski definition) is 1. The van der Waals surface area contributed by atoms with Crippen LogP contribution in [-0.2, 0) is 11.0 Å². The van der Waals surface area contributed by atoms with Gasteiger partial charge in [0.15, 0.2) is 5.11 Å². The number of nitrogens with zero attached hydrogens (tertiary/aromatic N) is 3. The highest BCUT2D eigenvalue weighted by Gasteiger charge is 2.59. The van der Waals surface area contributed by atoms with Crippen LogP contribution in [0.1, 0.15) is 36.8 Å². The van der Waals surface area contributed by atoms with E-state index in [1.165, 1.54) is 6.07 Å². The van der Waals surface area contributed by atoms with Crippen molar-refractivity contribution in [2.75, 3.05) is 22.2 Å².